The van der Waals surface area contributed by atoms with Crippen LogP contribution in [0.25, 0.3) is 0 Å². The van der Waals surface area contributed by atoms with Crippen molar-refractivity contribution in [2.75, 3.05) is 0 Å². The predicted molar refractivity (Wildman–Crippen MR) is 37.0 cm³/mol. The number of rotatable bonds is 2. The Morgan fingerprint density at radius 3 is 2.11 bits per heavy atom. The second-order valence-electron chi connectivity index (χ2n) is 1.87. The van der Waals surface area contributed by atoms with E-state index >= 15 is 0 Å². The molecule has 0 aromatic rings. The Kier molecular flexibility index (Phi) is 2.11. The number of thiocarbonyl (C=S) groups is 1. The van der Waals surface area contributed by atoms with Crippen LogP contribution < -0.4 is 11.5 Å². The molecule has 1 atom stereocenters. The first-order valence-corrected chi connectivity index (χ1v) is 2.62. The van der Waals surface area contributed by atoms with Crippen LogP contribution in [-0.4, -0.2) is 21.6 Å². The maximum absolute atomic E-state index is 10.2. The minimum atomic E-state index is -1.57. The van der Waals surface area contributed by atoms with Crippen LogP contribution in [0.5, 0.6) is 0 Å². The van der Waals surface area contributed by atoms with Crippen LogP contribution in [-0.2, 0) is 4.79 Å². The van der Waals surface area contributed by atoms with Gasteiger partial charge in [-0.1, -0.05) is 12.2 Å². The van der Waals surface area contributed by atoms with Crippen molar-refractivity contribution in [1.29, 1.82) is 0 Å². The average Bonchev–Trinajstić information content (AvgIpc) is 1.65. The third-order valence-corrected chi connectivity index (χ3v) is 1.38. The summed E-state index contributed by atoms with van der Waals surface area (Å²) in [5.74, 6) is -1.21. The summed E-state index contributed by atoms with van der Waals surface area (Å²) >= 11 is 4.38. The molecule has 5 N–H and O–H groups in total. The van der Waals surface area contributed by atoms with Crippen molar-refractivity contribution in [2.45, 2.75) is 12.5 Å². The number of hydrogen-bond acceptors (Lipinski definition) is 3. The topological polar surface area (TPSA) is 89.3 Å². The summed E-state index contributed by atoms with van der Waals surface area (Å²) in [6, 6.07) is 0. The zero-order chi connectivity index (χ0) is 7.65. The lowest BCUT2D eigenvalue weighted by molar-refractivity contribution is -0.140. The molecule has 0 rings (SSSR count). The highest BCUT2D eigenvalue weighted by molar-refractivity contribution is 7.80. The van der Waals surface area contributed by atoms with E-state index in [-0.39, 0.29) is 4.99 Å². The van der Waals surface area contributed by atoms with Gasteiger partial charge in [0.25, 0.3) is 0 Å². The molecule has 0 fully saturated rings. The normalized spacial score (nSPS) is 16.2. The second-order valence-corrected chi connectivity index (χ2v) is 2.31. The Morgan fingerprint density at radius 1 is 1.78 bits per heavy atom. The zero-order valence-electron chi connectivity index (χ0n) is 4.92. The molecule has 0 saturated heterocycles. The molecule has 0 bridgehead atoms. The molecule has 0 aromatic carbocycles. The standard InChI is InChI=1S/C4H8N2O2S/c1-4(6,2(5)9)3(7)8/h6H2,1H3,(H2,5,9)(H,7,8). The van der Waals surface area contributed by atoms with Gasteiger partial charge in [-0.25, -0.2) is 4.79 Å². The molecule has 0 aliphatic carbocycles. The highest BCUT2D eigenvalue weighted by Crippen LogP contribution is 1.97. The van der Waals surface area contributed by atoms with Crippen molar-refractivity contribution in [2.24, 2.45) is 11.5 Å². The van der Waals surface area contributed by atoms with Crippen LogP contribution in [0.4, 0.5) is 0 Å². The van der Waals surface area contributed by atoms with Gasteiger partial charge in [0.15, 0.2) is 5.54 Å². The Hall–Kier alpha value is -0.680. The first kappa shape index (κ1) is 8.32. The van der Waals surface area contributed by atoms with Gasteiger partial charge in [-0.2, -0.15) is 0 Å². The SMILES string of the molecule is CC(N)(C(=O)O)C(N)=S. The summed E-state index contributed by atoms with van der Waals surface area (Å²) in [6.45, 7) is 1.25. The molecule has 0 heterocycles. The van der Waals surface area contributed by atoms with Crippen molar-refractivity contribution >= 4 is 23.2 Å². The van der Waals surface area contributed by atoms with Gasteiger partial charge >= 0.3 is 5.97 Å². The molecular weight excluding hydrogens is 140 g/mol. The fourth-order valence-electron chi connectivity index (χ4n) is 0.105. The summed E-state index contributed by atoms with van der Waals surface area (Å²) in [5, 5.41) is 8.32. The first-order chi connectivity index (χ1) is 3.89. The van der Waals surface area contributed by atoms with Gasteiger partial charge in [0.05, 0.1) is 0 Å². The van der Waals surface area contributed by atoms with E-state index in [0.29, 0.717) is 0 Å². The first-order valence-electron chi connectivity index (χ1n) is 2.21. The third kappa shape index (κ3) is 1.62. The van der Waals surface area contributed by atoms with Gasteiger partial charge in [0, 0.05) is 0 Å². The van der Waals surface area contributed by atoms with E-state index in [0.717, 1.165) is 0 Å². The largest absolute Gasteiger partial charge is 0.480 e. The highest BCUT2D eigenvalue weighted by atomic mass is 32.1. The molecule has 0 saturated carbocycles. The van der Waals surface area contributed by atoms with Gasteiger partial charge in [-0.15, -0.1) is 0 Å². The lowest BCUT2D eigenvalue weighted by atomic mass is 10.1. The van der Waals surface area contributed by atoms with Crippen molar-refractivity contribution < 1.29 is 9.90 Å². The van der Waals surface area contributed by atoms with Crippen LogP contribution in [0.3, 0.4) is 0 Å². The molecule has 9 heavy (non-hydrogen) atoms. The van der Waals surface area contributed by atoms with Crippen LogP contribution in [0.2, 0.25) is 0 Å². The summed E-state index contributed by atoms with van der Waals surface area (Å²) in [5.41, 5.74) is 8.56. The highest BCUT2D eigenvalue weighted by Gasteiger charge is 2.30. The number of hydrogen-bond donors (Lipinski definition) is 3. The molecule has 0 amide bonds. The summed E-state index contributed by atoms with van der Waals surface area (Å²) < 4.78 is 0. The van der Waals surface area contributed by atoms with E-state index in [1.54, 1.807) is 0 Å². The van der Waals surface area contributed by atoms with Gasteiger partial charge in [-0.3, -0.25) is 0 Å². The molecule has 0 aliphatic heterocycles. The van der Waals surface area contributed by atoms with Crippen molar-refractivity contribution in [3.05, 3.63) is 0 Å². The van der Waals surface area contributed by atoms with Gasteiger partial charge < -0.3 is 16.6 Å². The van der Waals surface area contributed by atoms with Gasteiger partial charge in [0.1, 0.15) is 4.99 Å². The second kappa shape index (κ2) is 2.28. The lowest BCUT2D eigenvalue weighted by Crippen LogP contribution is -2.54. The summed E-state index contributed by atoms with van der Waals surface area (Å²) in [4.78, 5) is 9.96. The number of carbonyl (C=O) groups is 1. The maximum atomic E-state index is 10.2. The summed E-state index contributed by atoms with van der Waals surface area (Å²) in [7, 11) is 0. The van der Waals surface area contributed by atoms with Gasteiger partial charge in [-0.05, 0) is 6.92 Å². The lowest BCUT2D eigenvalue weighted by Gasteiger charge is -2.15. The average molecular weight is 148 g/mol. The minimum Gasteiger partial charge on any atom is -0.480 e. The fourth-order valence-corrected chi connectivity index (χ4v) is 0.193. The Morgan fingerprint density at radius 2 is 2.11 bits per heavy atom. The number of aliphatic carboxylic acids is 1. The van der Waals surface area contributed by atoms with Crippen LogP contribution in [0.1, 0.15) is 6.92 Å². The van der Waals surface area contributed by atoms with E-state index in [2.05, 4.69) is 12.2 Å². The van der Waals surface area contributed by atoms with Gasteiger partial charge in [0.2, 0.25) is 0 Å². The number of carboxylic acids is 1. The van der Waals surface area contributed by atoms with E-state index < -0.39 is 11.5 Å². The number of carboxylic acid groups (broad SMARTS) is 1. The molecule has 1 unspecified atom stereocenters. The van der Waals surface area contributed by atoms with E-state index in [9.17, 15) is 4.79 Å². The van der Waals surface area contributed by atoms with Crippen LogP contribution in [0.15, 0.2) is 0 Å². The van der Waals surface area contributed by atoms with E-state index in [1.165, 1.54) is 6.92 Å². The molecule has 0 spiro atoms. The molecule has 0 radical (unpaired) electrons. The Balaban J connectivity index is 4.38. The Bertz CT molecular complexity index is 139. The third-order valence-electron chi connectivity index (χ3n) is 0.956. The van der Waals surface area contributed by atoms with Crippen molar-refractivity contribution in [1.82, 2.24) is 0 Å². The molecule has 5 heteroatoms. The van der Waals surface area contributed by atoms with E-state index in [1.807, 2.05) is 0 Å². The minimum absolute atomic E-state index is 0.213. The molecule has 4 nitrogen and oxygen atoms in total. The summed E-state index contributed by atoms with van der Waals surface area (Å²) in [6.07, 6.45) is 0. The van der Waals surface area contributed by atoms with Crippen LogP contribution in [0, 0.1) is 0 Å². The molecule has 0 aromatic heterocycles. The van der Waals surface area contributed by atoms with Crippen LogP contribution >= 0.6 is 12.2 Å². The monoisotopic (exact) mass is 148 g/mol. The zero-order valence-corrected chi connectivity index (χ0v) is 5.73. The smallest absolute Gasteiger partial charge is 0.330 e. The fraction of sp³-hybridized carbons (Fsp3) is 0.500. The molecule has 0 aliphatic rings. The van der Waals surface area contributed by atoms with Crippen molar-refractivity contribution in [3.63, 3.8) is 0 Å². The van der Waals surface area contributed by atoms with Crippen molar-refractivity contribution in [3.8, 4) is 0 Å². The number of nitrogens with two attached hydrogens (primary N) is 2. The molecule has 52 valence electrons. The Labute approximate surface area is 57.8 Å². The predicted octanol–water partition coefficient (Wildman–Crippen LogP) is -0.925. The quantitative estimate of drug-likeness (QED) is 0.440. The van der Waals surface area contributed by atoms with E-state index in [4.69, 9.17) is 16.6 Å². The molecular formula is C4H8N2O2S. The maximum Gasteiger partial charge on any atom is 0.330 e.